The van der Waals surface area contributed by atoms with Crippen LogP contribution in [0.4, 0.5) is 0 Å². The van der Waals surface area contributed by atoms with Gasteiger partial charge in [0.25, 0.3) is 0 Å². The number of hydrogen-bond acceptors (Lipinski definition) is 2. The van der Waals surface area contributed by atoms with Crippen molar-refractivity contribution in [2.45, 2.75) is 33.2 Å². The second-order valence-electron chi connectivity index (χ2n) is 5.27. The van der Waals surface area contributed by atoms with Crippen LogP contribution >= 0.6 is 11.6 Å². The zero-order valence-corrected chi connectivity index (χ0v) is 11.1. The Morgan fingerprint density at radius 1 is 1.38 bits per heavy atom. The average Bonchev–Trinajstić information content (AvgIpc) is 2.15. The fraction of sp³-hybridized carbons (Fsp3) is 0.538. The number of hydrogen-bond donors (Lipinski definition) is 1. The molecule has 0 aliphatic carbocycles. The van der Waals surface area contributed by atoms with E-state index in [0.717, 1.165) is 12.0 Å². The highest BCUT2D eigenvalue weighted by Crippen LogP contribution is 2.32. The Morgan fingerprint density at radius 2 is 2.00 bits per heavy atom. The van der Waals surface area contributed by atoms with Gasteiger partial charge in [-0.2, -0.15) is 0 Å². The van der Waals surface area contributed by atoms with E-state index in [-0.39, 0.29) is 11.5 Å². The highest BCUT2D eigenvalue weighted by molar-refractivity contribution is 6.32. The van der Waals surface area contributed by atoms with E-state index in [2.05, 4.69) is 20.8 Å². The lowest BCUT2D eigenvalue weighted by atomic mass is 9.86. The summed E-state index contributed by atoms with van der Waals surface area (Å²) in [5, 5.41) is 0.620. The minimum atomic E-state index is 0.0196. The number of methoxy groups -OCH3 is 1. The van der Waals surface area contributed by atoms with E-state index in [1.54, 1.807) is 7.11 Å². The van der Waals surface area contributed by atoms with E-state index < -0.39 is 0 Å². The van der Waals surface area contributed by atoms with E-state index >= 15 is 0 Å². The second kappa shape index (κ2) is 5.07. The maximum Gasteiger partial charge on any atom is 0.137 e. The largest absolute Gasteiger partial charge is 0.495 e. The highest BCUT2D eigenvalue weighted by Gasteiger charge is 2.17. The van der Waals surface area contributed by atoms with Crippen LogP contribution in [0.25, 0.3) is 0 Å². The predicted molar refractivity (Wildman–Crippen MR) is 69.0 cm³/mol. The molecule has 0 aliphatic heterocycles. The van der Waals surface area contributed by atoms with Crippen molar-refractivity contribution in [2.24, 2.45) is 11.1 Å². The van der Waals surface area contributed by atoms with Gasteiger partial charge in [-0.1, -0.05) is 38.4 Å². The molecule has 1 aromatic rings. The van der Waals surface area contributed by atoms with Gasteiger partial charge in [-0.3, -0.25) is 0 Å². The smallest absolute Gasteiger partial charge is 0.137 e. The molecule has 0 aliphatic rings. The molecule has 1 unspecified atom stereocenters. The summed E-state index contributed by atoms with van der Waals surface area (Å²) in [5.41, 5.74) is 7.44. The summed E-state index contributed by atoms with van der Waals surface area (Å²) in [7, 11) is 1.61. The molecule has 1 aromatic carbocycles. The Labute approximate surface area is 103 Å². The maximum atomic E-state index is 6.16. The molecule has 90 valence electrons. The molecule has 0 amide bonds. The summed E-state index contributed by atoms with van der Waals surface area (Å²) in [6.07, 6.45) is 0.928. The standard InChI is InChI=1S/C13H20ClNO/c1-13(2,3)8-11(15)9-5-6-10(14)12(7-9)16-4/h5-7,11H,8,15H2,1-4H3. The van der Waals surface area contributed by atoms with Crippen LogP contribution in [0.1, 0.15) is 38.8 Å². The van der Waals surface area contributed by atoms with E-state index in [9.17, 15) is 0 Å². The minimum absolute atomic E-state index is 0.0196. The van der Waals surface area contributed by atoms with Crippen LogP contribution in [-0.4, -0.2) is 7.11 Å². The normalized spacial score (nSPS) is 13.6. The van der Waals surface area contributed by atoms with Crippen molar-refractivity contribution in [1.82, 2.24) is 0 Å². The summed E-state index contributed by atoms with van der Waals surface area (Å²) < 4.78 is 5.18. The summed E-state index contributed by atoms with van der Waals surface area (Å²) in [4.78, 5) is 0. The van der Waals surface area contributed by atoms with Crippen LogP contribution in [0.2, 0.25) is 5.02 Å². The highest BCUT2D eigenvalue weighted by atomic mass is 35.5. The summed E-state index contributed by atoms with van der Waals surface area (Å²) in [6, 6.07) is 5.73. The van der Waals surface area contributed by atoms with Crippen LogP contribution < -0.4 is 10.5 Å². The first-order valence-electron chi connectivity index (χ1n) is 5.42. The third-order valence-corrected chi connectivity index (χ3v) is 2.75. The lowest BCUT2D eigenvalue weighted by Gasteiger charge is -2.23. The molecule has 0 saturated heterocycles. The molecule has 0 fully saturated rings. The van der Waals surface area contributed by atoms with Gasteiger partial charge in [-0.05, 0) is 29.5 Å². The van der Waals surface area contributed by atoms with E-state index in [1.807, 2.05) is 18.2 Å². The van der Waals surface area contributed by atoms with Crippen LogP contribution in [-0.2, 0) is 0 Å². The first-order valence-corrected chi connectivity index (χ1v) is 5.80. The molecule has 0 aromatic heterocycles. The first kappa shape index (κ1) is 13.3. The van der Waals surface area contributed by atoms with Crippen LogP contribution in [0.3, 0.4) is 0 Å². The molecule has 0 saturated carbocycles. The van der Waals surface area contributed by atoms with Crippen molar-refractivity contribution in [3.05, 3.63) is 28.8 Å². The van der Waals surface area contributed by atoms with Crippen molar-refractivity contribution in [3.8, 4) is 5.75 Å². The van der Waals surface area contributed by atoms with Gasteiger partial charge in [0.15, 0.2) is 0 Å². The van der Waals surface area contributed by atoms with Gasteiger partial charge in [-0.25, -0.2) is 0 Å². The van der Waals surface area contributed by atoms with Crippen molar-refractivity contribution in [2.75, 3.05) is 7.11 Å². The Morgan fingerprint density at radius 3 is 2.50 bits per heavy atom. The van der Waals surface area contributed by atoms with Crippen LogP contribution in [0.15, 0.2) is 18.2 Å². The predicted octanol–water partition coefficient (Wildman–Crippen LogP) is 3.78. The first-order chi connectivity index (χ1) is 7.33. The second-order valence-corrected chi connectivity index (χ2v) is 5.67. The molecule has 16 heavy (non-hydrogen) atoms. The molecule has 0 radical (unpaired) electrons. The minimum Gasteiger partial charge on any atom is -0.495 e. The van der Waals surface area contributed by atoms with E-state index in [1.165, 1.54) is 0 Å². The third kappa shape index (κ3) is 3.69. The van der Waals surface area contributed by atoms with E-state index in [4.69, 9.17) is 22.1 Å². The third-order valence-electron chi connectivity index (χ3n) is 2.44. The van der Waals surface area contributed by atoms with Gasteiger partial charge in [0, 0.05) is 6.04 Å². The van der Waals surface area contributed by atoms with Crippen LogP contribution in [0.5, 0.6) is 5.75 Å². The van der Waals surface area contributed by atoms with Gasteiger partial charge in [-0.15, -0.1) is 0 Å². The average molecular weight is 242 g/mol. The number of nitrogens with two attached hydrogens (primary N) is 1. The SMILES string of the molecule is COc1cc(C(N)CC(C)(C)C)ccc1Cl. The molecular weight excluding hydrogens is 222 g/mol. The van der Waals surface area contributed by atoms with Crippen molar-refractivity contribution in [3.63, 3.8) is 0 Å². The molecule has 0 spiro atoms. The zero-order valence-electron chi connectivity index (χ0n) is 10.4. The maximum absolute atomic E-state index is 6.16. The molecule has 0 bridgehead atoms. The molecule has 3 heteroatoms. The lowest BCUT2D eigenvalue weighted by Crippen LogP contribution is -2.18. The summed E-state index contributed by atoms with van der Waals surface area (Å²) in [6.45, 7) is 6.54. The van der Waals surface area contributed by atoms with Crippen LogP contribution in [0, 0.1) is 5.41 Å². The van der Waals surface area contributed by atoms with Gasteiger partial charge < -0.3 is 10.5 Å². The number of ether oxygens (including phenoxy) is 1. The van der Waals surface area contributed by atoms with Gasteiger partial charge in [0.05, 0.1) is 12.1 Å². The Hall–Kier alpha value is -0.730. The lowest BCUT2D eigenvalue weighted by molar-refractivity contribution is 0.342. The Kier molecular flexibility index (Phi) is 4.22. The molecular formula is C13H20ClNO. The van der Waals surface area contributed by atoms with Crippen molar-refractivity contribution < 1.29 is 4.74 Å². The quantitative estimate of drug-likeness (QED) is 0.874. The molecule has 1 rings (SSSR count). The van der Waals surface area contributed by atoms with E-state index in [0.29, 0.717) is 10.8 Å². The molecule has 2 N–H and O–H groups in total. The summed E-state index contributed by atoms with van der Waals surface area (Å²) >= 11 is 5.97. The van der Waals surface area contributed by atoms with Crippen molar-refractivity contribution >= 4 is 11.6 Å². The molecule has 1 atom stereocenters. The van der Waals surface area contributed by atoms with Gasteiger partial charge >= 0.3 is 0 Å². The van der Waals surface area contributed by atoms with Gasteiger partial charge in [0.2, 0.25) is 0 Å². The number of halogens is 1. The van der Waals surface area contributed by atoms with Gasteiger partial charge in [0.1, 0.15) is 5.75 Å². The fourth-order valence-electron chi connectivity index (χ4n) is 1.68. The molecule has 0 heterocycles. The molecule has 2 nitrogen and oxygen atoms in total. The number of benzene rings is 1. The topological polar surface area (TPSA) is 35.2 Å². The zero-order chi connectivity index (χ0) is 12.3. The monoisotopic (exact) mass is 241 g/mol. The van der Waals surface area contributed by atoms with Crippen molar-refractivity contribution in [1.29, 1.82) is 0 Å². The summed E-state index contributed by atoms with van der Waals surface area (Å²) in [5.74, 6) is 0.684. The Balaban J connectivity index is 2.88. The Bertz CT molecular complexity index is 357. The number of rotatable bonds is 3. The fourth-order valence-corrected chi connectivity index (χ4v) is 1.88.